The molecule has 75 heavy (non-hydrogen) atoms. The van der Waals surface area contributed by atoms with E-state index in [1.807, 2.05) is 74.2 Å². The predicted octanol–water partition coefficient (Wildman–Crippen LogP) is -1.83. The number of fused-ring (bicyclic) bond motifs is 1. The maximum absolute atomic E-state index is 13.8. The van der Waals surface area contributed by atoms with Crippen LogP contribution >= 0.6 is 12.2 Å². The quantitative estimate of drug-likeness (QED) is 0.0295. The molecule has 1 fully saturated rings. The summed E-state index contributed by atoms with van der Waals surface area (Å²) in [5, 5.41) is 43.5. The smallest absolute Gasteiger partial charge is 0.326 e. The van der Waals surface area contributed by atoms with Crippen molar-refractivity contribution in [1.82, 2.24) is 40.9 Å². The van der Waals surface area contributed by atoms with Crippen LogP contribution in [-0.4, -0.2) is 196 Å². The zero-order valence-corrected chi connectivity index (χ0v) is 42.4. The standard InChI is InChI=1S/C49H69N13O12S/c50-40(63)27-59-17-18-60(28-41(51)64)21-22-62(30-43(53)66)36(26-61(20-19-59)29-42(52)65)24-31-9-12-35(13-10-31)55-49(75)58-39(25-32-8-11-33-5-1-2-6-34(33)23-32)45(69)54-16-4-3-7-37(46(70)71)56-48(74)57-38(47(72)73)14-15-44(67)68/h1-2,5-6,8-13,23,36-39H,3-4,7,14-22,24-30H2,(H2,50,63)(H2,51,64)(H2,52,65)(H2,53,66)(H,54,69)(H,67,68)(H,70,71)(H,72,73)(H2,55,58,75)(H2,56,57,74)/t36?,37-,38-,39-/m0/s1. The maximum atomic E-state index is 13.8. The monoisotopic (exact) mass is 1060 g/mol. The van der Waals surface area contributed by atoms with Gasteiger partial charge in [-0.1, -0.05) is 54.6 Å². The van der Waals surface area contributed by atoms with Gasteiger partial charge in [0, 0.05) is 76.9 Å². The Morgan fingerprint density at radius 3 is 1.71 bits per heavy atom. The second kappa shape index (κ2) is 30.6. The van der Waals surface area contributed by atoms with Crippen molar-refractivity contribution in [1.29, 1.82) is 0 Å². The molecule has 1 saturated heterocycles. The van der Waals surface area contributed by atoms with Gasteiger partial charge in [0.1, 0.15) is 18.1 Å². The van der Waals surface area contributed by atoms with Crippen molar-refractivity contribution in [2.24, 2.45) is 22.9 Å². The van der Waals surface area contributed by atoms with Crippen LogP contribution in [0.2, 0.25) is 0 Å². The molecular weight excluding hydrogens is 995 g/mol. The molecule has 1 heterocycles. The molecule has 1 aliphatic rings. The van der Waals surface area contributed by atoms with E-state index in [0.29, 0.717) is 57.8 Å². The molecule has 4 atom stereocenters. The van der Waals surface area contributed by atoms with Crippen molar-refractivity contribution >= 4 is 87.3 Å². The first-order valence-electron chi connectivity index (χ1n) is 24.3. The predicted molar refractivity (Wildman–Crippen MR) is 281 cm³/mol. The number of carboxylic acid groups (broad SMARTS) is 3. The van der Waals surface area contributed by atoms with Crippen molar-refractivity contribution in [2.45, 2.75) is 69.1 Å². The van der Waals surface area contributed by atoms with Gasteiger partial charge in [0.2, 0.25) is 29.5 Å². The lowest BCUT2D eigenvalue weighted by Gasteiger charge is -2.38. The lowest BCUT2D eigenvalue weighted by molar-refractivity contribution is -0.141. The number of carbonyl (C=O) groups excluding carboxylic acids is 6. The number of benzene rings is 3. The highest BCUT2D eigenvalue weighted by Crippen LogP contribution is 2.19. The lowest BCUT2D eigenvalue weighted by atomic mass is 10.0. The SMILES string of the molecule is NC(=O)CN1CCN(CC(N)=O)CCN(CC(N)=O)C(Cc2ccc(NC(=S)N[C@@H](Cc3ccc4ccccc4c3)C(=O)NCCCC[C@H](NC(=O)N[C@@H](CCC(=O)O)C(=O)O)C(=O)O)cc2)CN(CC(N)=O)CC1. The van der Waals surface area contributed by atoms with E-state index in [-0.39, 0.29) is 63.6 Å². The third kappa shape index (κ3) is 22.6. The highest BCUT2D eigenvalue weighted by molar-refractivity contribution is 7.80. The van der Waals surface area contributed by atoms with Crippen LogP contribution in [0.5, 0.6) is 0 Å². The lowest BCUT2D eigenvalue weighted by Crippen LogP contribution is -2.54. The molecule has 0 bridgehead atoms. The summed E-state index contributed by atoms with van der Waals surface area (Å²) in [5.41, 5.74) is 24.8. The summed E-state index contributed by atoms with van der Waals surface area (Å²) in [4.78, 5) is 117. The minimum absolute atomic E-state index is 0.0464. The average Bonchev–Trinajstić information content (AvgIpc) is 3.33. The number of thiocarbonyl (C=S) groups is 1. The van der Waals surface area contributed by atoms with Gasteiger partial charge in [-0.3, -0.25) is 48.4 Å². The van der Waals surface area contributed by atoms with Crippen LogP contribution in [0, 0.1) is 0 Å². The van der Waals surface area contributed by atoms with E-state index in [4.69, 9.17) is 40.3 Å². The number of primary amides is 4. The second-order valence-electron chi connectivity index (χ2n) is 18.3. The van der Waals surface area contributed by atoms with Gasteiger partial charge in [-0.15, -0.1) is 0 Å². The van der Waals surface area contributed by atoms with Gasteiger partial charge in [-0.05, 0) is 78.4 Å². The van der Waals surface area contributed by atoms with Crippen LogP contribution in [0.4, 0.5) is 10.5 Å². The Morgan fingerprint density at radius 2 is 1.13 bits per heavy atom. The van der Waals surface area contributed by atoms with E-state index in [0.717, 1.165) is 21.9 Å². The van der Waals surface area contributed by atoms with Crippen LogP contribution in [-0.2, 0) is 51.2 Å². The summed E-state index contributed by atoms with van der Waals surface area (Å²) in [7, 11) is 0. The summed E-state index contributed by atoms with van der Waals surface area (Å²) >= 11 is 5.73. The number of rotatable bonds is 27. The Kier molecular flexibility index (Phi) is 24.5. The minimum atomic E-state index is -1.55. The van der Waals surface area contributed by atoms with E-state index in [9.17, 15) is 53.4 Å². The molecule has 1 aliphatic heterocycles. The number of aliphatic carboxylic acids is 3. The van der Waals surface area contributed by atoms with Crippen molar-refractivity contribution in [3.63, 3.8) is 0 Å². The summed E-state index contributed by atoms with van der Waals surface area (Å²) < 4.78 is 0. The Labute approximate surface area is 439 Å². The molecule has 0 spiro atoms. The molecule has 0 aromatic heterocycles. The number of nitrogens with zero attached hydrogens (tertiary/aromatic N) is 4. The topological polar surface area (TPSA) is 392 Å². The van der Waals surface area contributed by atoms with Crippen LogP contribution in [0.1, 0.15) is 43.2 Å². The van der Waals surface area contributed by atoms with Crippen LogP contribution in [0.25, 0.3) is 10.8 Å². The molecule has 3 aromatic rings. The molecule has 25 nitrogen and oxygen atoms in total. The molecule has 7 amide bonds. The fraction of sp³-hybridized carbons (Fsp3) is 0.469. The summed E-state index contributed by atoms with van der Waals surface area (Å²) in [6, 6.07) is 15.6. The number of hydrogen-bond donors (Lipinski definition) is 12. The number of hydrogen-bond acceptors (Lipinski definition) is 14. The molecule has 3 aromatic carbocycles. The third-order valence-corrected chi connectivity index (χ3v) is 12.5. The fourth-order valence-electron chi connectivity index (χ4n) is 8.55. The zero-order valence-electron chi connectivity index (χ0n) is 41.6. The highest BCUT2D eigenvalue weighted by Gasteiger charge is 2.28. The Bertz CT molecular complexity index is 2490. The summed E-state index contributed by atoms with van der Waals surface area (Å²) in [5.74, 6) is -6.75. The molecule has 0 saturated carbocycles. The van der Waals surface area contributed by atoms with Gasteiger partial charge in [0.25, 0.3) is 0 Å². The van der Waals surface area contributed by atoms with Gasteiger partial charge >= 0.3 is 23.9 Å². The number of anilines is 1. The van der Waals surface area contributed by atoms with Crippen LogP contribution in [0.15, 0.2) is 66.7 Å². The molecule has 4 rings (SSSR count). The van der Waals surface area contributed by atoms with Gasteiger partial charge in [0.15, 0.2) is 5.11 Å². The molecule has 16 N–H and O–H groups in total. The highest BCUT2D eigenvalue weighted by atomic mass is 32.1. The number of unbranched alkanes of at least 4 members (excludes halogenated alkanes) is 1. The van der Waals surface area contributed by atoms with Crippen molar-refractivity contribution < 1.29 is 58.5 Å². The van der Waals surface area contributed by atoms with E-state index in [1.165, 1.54) is 0 Å². The van der Waals surface area contributed by atoms with Gasteiger partial charge in [-0.2, -0.15) is 0 Å². The number of amides is 7. The molecule has 0 radical (unpaired) electrons. The summed E-state index contributed by atoms with van der Waals surface area (Å²) in [6.45, 7) is 2.12. The fourth-order valence-corrected chi connectivity index (χ4v) is 8.81. The first-order valence-corrected chi connectivity index (χ1v) is 24.8. The Hall–Kier alpha value is -7.52. The number of carboxylic acids is 3. The van der Waals surface area contributed by atoms with Crippen molar-refractivity contribution in [3.05, 3.63) is 77.9 Å². The van der Waals surface area contributed by atoms with Gasteiger partial charge < -0.3 is 64.8 Å². The first kappa shape index (κ1) is 60.0. The van der Waals surface area contributed by atoms with Crippen LogP contribution < -0.4 is 49.5 Å². The maximum Gasteiger partial charge on any atom is 0.326 e. The van der Waals surface area contributed by atoms with Crippen molar-refractivity contribution in [3.8, 4) is 0 Å². The van der Waals surface area contributed by atoms with E-state index < -0.39 is 90.5 Å². The molecule has 1 unspecified atom stereocenters. The van der Waals surface area contributed by atoms with Crippen LogP contribution in [0.3, 0.4) is 0 Å². The zero-order chi connectivity index (χ0) is 55.0. The molecule has 26 heteroatoms. The Balaban J connectivity index is 1.46. The van der Waals surface area contributed by atoms with E-state index in [2.05, 4.69) is 26.6 Å². The van der Waals surface area contributed by atoms with E-state index >= 15 is 0 Å². The van der Waals surface area contributed by atoms with Gasteiger partial charge in [-0.25, -0.2) is 14.4 Å². The minimum Gasteiger partial charge on any atom is -0.481 e. The van der Waals surface area contributed by atoms with Crippen molar-refractivity contribution in [2.75, 3.05) is 83.9 Å². The van der Waals surface area contributed by atoms with Gasteiger partial charge in [0.05, 0.1) is 26.2 Å². The molecular formula is C49H69N13O12S. The molecule has 0 aliphatic carbocycles. The second-order valence-corrected chi connectivity index (χ2v) is 18.7. The average molecular weight is 1060 g/mol. The Morgan fingerprint density at radius 1 is 0.600 bits per heavy atom. The summed E-state index contributed by atoms with van der Waals surface area (Å²) in [6.07, 6.45) is 0.150. The first-order chi connectivity index (χ1) is 35.6. The normalized spacial score (nSPS) is 16.4. The largest absolute Gasteiger partial charge is 0.481 e. The molecule has 408 valence electrons. The number of nitrogens with one attached hydrogen (secondary N) is 5. The van der Waals surface area contributed by atoms with E-state index in [1.54, 1.807) is 12.1 Å². The number of carbonyl (C=O) groups is 9. The number of nitrogens with two attached hydrogens (primary N) is 4. The third-order valence-electron chi connectivity index (χ3n) is 12.3. The number of urea groups is 1.